The third-order valence-electron chi connectivity index (χ3n) is 3.32. The third-order valence-corrected chi connectivity index (χ3v) is 3.32. The molecule has 3 N–H and O–H groups in total. The van der Waals surface area contributed by atoms with Gasteiger partial charge in [0.15, 0.2) is 0 Å². The van der Waals surface area contributed by atoms with Crippen LogP contribution in [0.1, 0.15) is 21.5 Å². The highest BCUT2D eigenvalue weighted by atomic mass is 16.5. The second kappa shape index (κ2) is 6.79. The van der Waals surface area contributed by atoms with Crippen LogP contribution in [0.15, 0.2) is 42.5 Å². The molecule has 0 unspecified atom stereocenters. The van der Waals surface area contributed by atoms with E-state index in [1.165, 1.54) is 18.2 Å². The maximum atomic E-state index is 11.6. The highest BCUT2D eigenvalue weighted by Crippen LogP contribution is 2.23. The Morgan fingerprint density at radius 3 is 2.71 bits per heavy atom. The Morgan fingerprint density at radius 1 is 1.24 bits per heavy atom. The van der Waals surface area contributed by atoms with Gasteiger partial charge in [-0.25, -0.2) is 4.79 Å². The molecule has 4 nitrogen and oxygen atoms in total. The molecule has 0 fully saturated rings. The Kier molecular flexibility index (Phi) is 4.82. The normalized spacial score (nSPS) is 10.2. The molecule has 0 saturated heterocycles. The predicted molar refractivity (Wildman–Crippen MR) is 85.6 cm³/mol. The summed E-state index contributed by atoms with van der Waals surface area (Å²) in [5.74, 6) is -0.421. The van der Waals surface area contributed by atoms with Gasteiger partial charge in [-0.2, -0.15) is 0 Å². The van der Waals surface area contributed by atoms with Crippen LogP contribution >= 0.6 is 0 Å². The van der Waals surface area contributed by atoms with Crippen molar-refractivity contribution in [2.24, 2.45) is 0 Å². The zero-order valence-corrected chi connectivity index (χ0v) is 12.3. The van der Waals surface area contributed by atoms with E-state index in [4.69, 9.17) is 10.5 Å². The van der Waals surface area contributed by atoms with Crippen LogP contribution in [0.25, 0.3) is 0 Å². The number of methoxy groups -OCH3 is 1. The number of hydrogen-bond donors (Lipinski definition) is 2. The number of nitrogens with two attached hydrogens (primary N) is 1. The van der Waals surface area contributed by atoms with Crippen LogP contribution in [-0.2, 0) is 11.2 Å². The summed E-state index contributed by atoms with van der Waals surface area (Å²) >= 11 is 0. The average molecular weight is 284 g/mol. The van der Waals surface area contributed by atoms with Crippen LogP contribution in [0.5, 0.6) is 0 Å². The second-order valence-electron chi connectivity index (χ2n) is 4.92. The molecule has 0 spiro atoms. The van der Waals surface area contributed by atoms with Gasteiger partial charge in [-0.1, -0.05) is 35.9 Å². The standard InChI is InChI=1S/C17H20N2O2/c1-12-5-3-6-13(11-12)9-10-19-15-8-4-7-14(16(15)18)17(20)21-2/h3-8,11,19H,9-10,18H2,1-2H3. The summed E-state index contributed by atoms with van der Waals surface area (Å²) in [5, 5.41) is 3.27. The molecule has 0 bridgehead atoms. The first kappa shape index (κ1) is 14.9. The van der Waals surface area contributed by atoms with Gasteiger partial charge in [0, 0.05) is 6.54 Å². The summed E-state index contributed by atoms with van der Waals surface area (Å²) < 4.78 is 4.71. The highest BCUT2D eigenvalue weighted by Gasteiger charge is 2.12. The SMILES string of the molecule is COC(=O)c1cccc(NCCc2cccc(C)c2)c1N. The van der Waals surface area contributed by atoms with Crippen LogP contribution in [-0.4, -0.2) is 19.6 Å². The van der Waals surface area contributed by atoms with Crippen molar-refractivity contribution in [2.75, 3.05) is 24.7 Å². The number of aryl methyl sites for hydroxylation is 1. The number of benzene rings is 2. The summed E-state index contributed by atoms with van der Waals surface area (Å²) in [6.45, 7) is 2.83. The van der Waals surface area contributed by atoms with Gasteiger partial charge in [0.05, 0.1) is 24.0 Å². The van der Waals surface area contributed by atoms with Crippen molar-refractivity contribution in [3.05, 3.63) is 59.2 Å². The van der Waals surface area contributed by atoms with Gasteiger partial charge in [0.2, 0.25) is 0 Å². The first-order chi connectivity index (χ1) is 10.1. The molecule has 0 radical (unpaired) electrons. The fraction of sp³-hybridized carbons (Fsp3) is 0.235. The minimum absolute atomic E-state index is 0.387. The second-order valence-corrected chi connectivity index (χ2v) is 4.92. The maximum absolute atomic E-state index is 11.6. The molecule has 0 atom stereocenters. The van der Waals surface area contributed by atoms with Crippen LogP contribution < -0.4 is 11.1 Å². The van der Waals surface area contributed by atoms with Crippen LogP contribution in [0.3, 0.4) is 0 Å². The maximum Gasteiger partial charge on any atom is 0.340 e. The third kappa shape index (κ3) is 3.75. The number of ether oxygens (including phenoxy) is 1. The van der Waals surface area contributed by atoms with Crippen molar-refractivity contribution in [3.63, 3.8) is 0 Å². The first-order valence-electron chi connectivity index (χ1n) is 6.88. The van der Waals surface area contributed by atoms with E-state index in [1.54, 1.807) is 12.1 Å². The Bertz CT molecular complexity index is 638. The smallest absolute Gasteiger partial charge is 0.340 e. The van der Waals surface area contributed by atoms with E-state index in [0.29, 0.717) is 11.3 Å². The molecule has 2 aromatic carbocycles. The number of carbonyl (C=O) groups excluding carboxylic acids is 1. The van der Waals surface area contributed by atoms with E-state index >= 15 is 0 Å². The molecule has 0 aliphatic carbocycles. The van der Waals surface area contributed by atoms with Gasteiger partial charge >= 0.3 is 5.97 Å². The Hall–Kier alpha value is -2.49. The lowest BCUT2D eigenvalue weighted by atomic mass is 10.1. The van der Waals surface area contributed by atoms with Gasteiger partial charge in [0.25, 0.3) is 0 Å². The van der Waals surface area contributed by atoms with Crippen molar-refractivity contribution in [3.8, 4) is 0 Å². The average Bonchev–Trinajstić information content (AvgIpc) is 2.48. The van der Waals surface area contributed by atoms with Crippen LogP contribution in [0.4, 0.5) is 11.4 Å². The summed E-state index contributed by atoms with van der Waals surface area (Å²) in [5.41, 5.74) is 10.1. The molecule has 0 aliphatic rings. The number of esters is 1. The topological polar surface area (TPSA) is 64.3 Å². The number of anilines is 2. The zero-order valence-electron chi connectivity index (χ0n) is 12.3. The Balaban J connectivity index is 2.02. The summed E-state index contributed by atoms with van der Waals surface area (Å²) in [7, 11) is 1.35. The van der Waals surface area contributed by atoms with E-state index in [1.807, 2.05) is 6.07 Å². The number of hydrogen-bond acceptors (Lipinski definition) is 4. The van der Waals surface area contributed by atoms with E-state index in [2.05, 4.69) is 36.5 Å². The molecule has 110 valence electrons. The molecule has 21 heavy (non-hydrogen) atoms. The Labute approximate surface area is 124 Å². The summed E-state index contributed by atoms with van der Waals surface area (Å²) in [4.78, 5) is 11.6. The number of nitrogen functional groups attached to an aromatic ring is 1. The summed E-state index contributed by atoms with van der Waals surface area (Å²) in [6, 6.07) is 13.7. The number of carbonyl (C=O) groups is 1. The monoisotopic (exact) mass is 284 g/mol. The van der Waals surface area contributed by atoms with Gasteiger partial charge in [0.1, 0.15) is 0 Å². The zero-order chi connectivity index (χ0) is 15.2. The van der Waals surface area contributed by atoms with Crippen molar-refractivity contribution >= 4 is 17.3 Å². The Morgan fingerprint density at radius 2 is 2.00 bits per heavy atom. The lowest BCUT2D eigenvalue weighted by Crippen LogP contribution is -2.11. The van der Waals surface area contributed by atoms with Crippen molar-refractivity contribution in [2.45, 2.75) is 13.3 Å². The van der Waals surface area contributed by atoms with E-state index < -0.39 is 5.97 Å². The van der Waals surface area contributed by atoms with Crippen LogP contribution in [0, 0.1) is 6.92 Å². The molecule has 2 aromatic rings. The van der Waals surface area contributed by atoms with E-state index in [9.17, 15) is 4.79 Å². The molecule has 0 amide bonds. The molecule has 0 heterocycles. The molecule has 0 aliphatic heterocycles. The summed E-state index contributed by atoms with van der Waals surface area (Å²) in [6.07, 6.45) is 0.892. The van der Waals surface area contributed by atoms with Gasteiger partial charge < -0.3 is 15.8 Å². The highest BCUT2D eigenvalue weighted by molar-refractivity contribution is 5.98. The van der Waals surface area contributed by atoms with Crippen molar-refractivity contribution in [1.29, 1.82) is 0 Å². The molecular formula is C17H20N2O2. The minimum atomic E-state index is -0.421. The van der Waals surface area contributed by atoms with Crippen molar-refractivity contribution < 1.29 is 9.53 Å². The fourth-order valence-corrected chi connectivity index (χ4v) is 2.22. The van der Waals surface area contributed by atoms with Crippen molar-refractivity contribution in [1.82, 2.24) is 0 Å². The first-order valence-corrected chi connectivity index (χ1v) is 6.88. The van der Waals surface area contributed by atoms with E-state index in [-0.39, 0.29) is 0 Å². The molecule has 4 heteroatoms. The number of para-hydroxylation sites is 1. The van der Waals surface area contributed by atoms with E-state index in [0.717, 1.165) is 18.7 Å². The lowest BCUT2D eigenvalue weighted by molar-refractivity contribution is 0.0602. The lowest BCUT2D eigenvalue weighted by Gasteiger charge is -2.12. The predicted octanol–water partition coefficient (Wildman–Crippen LogP) is 3.02. The quantitative estimate of drug-likeness (QED) is 0.654. The van der Waals surface area contributed by atoms with Crippen LogP contribution in [0.2, 0.25) is 0 Å². The minimum Gasteiger partial charge on any atom is -0.465 e. The van der Waals surface area contributed by atoms with Gasteiger partial charge in [-0.05, 0) is 31.0 Å². The largest absolute Gasteiger partial charge is 0.465 e. The molecule has 0 saturated carbocycles. The number of rotatable bonds is 5. The molecule has 0 aromatic heterocycles. The molecular weight excluding hydrogens is 264 g/mol. The van der Waals surface area contributed by atoms with Gasteiger partial charge in [-0.3, -0.25) is 0 Å². The van der Waals surface area contributed by atoms with Gasteiger partial charge in [-0.15, -0.1) is 0 Å². The molecule has 2 rings (SSSR count). The fourth-order valence-electron chi connectivity index (χ4n) is 2.22. The number of nitrogens with one attached hydrogen (secondary N) is 1.